The largest absolute Gasteiger partial charge is 0.349 e. The van der Waals surface area contributed by atoms with E-state index in [1.807, 2.05) is 18.2 Å². The SMILES string of the molecule is CC(C)(C)c1nccc(N(Cc2ccccc2[N+](=O)[O-])C2CC2)n1. The summed E-state index contributed by atoms with van der Waals surface area (Å²) < 4.78 is 0. The summed E-state index contributed by atoms with van der Waals surface area (Å²) in [6.07, 6.45) is 3.96. The Hall–Kier alpha value is -2.50. The van der Waals surface area contributed by atoms with E-state index in [-0.39, 0.29) is 16.0 Å². The second-order valence-electron chi connectivity index (χ2n) is 7.23. The Morgan fingerprint density at radius 2 is 1.96 bits per heavy atom. The van der Waals surface area contributed by atoms with E-state index in [4.69, 9.17) is 4.98 Å². The summed E-state index contributed by atoms with van der Waals surface area (Å²) >= 11 is 0. The lowest BCUT2D eigenvalue weighted by Crippen LogP contribution is -2.28. The lowest BCUT2D eigenvalue weighted by molar-refractivity contribution is -0.385. The molecule has 1 saturated carbocycles. The van der Waals surface area contributed by atoms with Crippen LogP contribution in [0.2, 0.25) is 0 Å². The van der Waals surface area contributed by atoms with E-state index < -0.39 is 0 Å². The number of nitro groups is 1. The van der Waals surface area contributed by atoms with Crippen molar-refractivity contribution in [3.8, 4) is 0 Å². The quantitative estimate of drug-likeness (QED) is 0.616. The number of hydrogen-bond donors (Lipinski definition) is 0. The molecule has 126 valence electrons. The molecule has 0 radical (unpaired) electrons. The van der Waals surface area contributed by atoms with Gasteiger partial charge in [0, 0.05) is 29.3 Å². The van der Waals surface area contributed by atoms with Gasteiger partial charge in [-0.3, -0.25) is 10.1 Å². The Kier molecular flexibility index (Phi) is 4.22. The van der Waals surface area contributed by atoms with Crippen LogP contribution in [-0.4, -0.2) is 20.9 Å². The number of hydrogen-bond acceptors (Lipinski definition) is 5. The van der Waals surface area contributed by atoms with Gasteiger partial charge >= 0.3 is 0 Å². The molecule has 0 N–H and O–H groups in total. The second kappa shape index (κ2) is 6.19. The van der Waals surface area contributed by atoms with Crippen molar-refractivity contribution in [2.24, 2.45) is 0 Å². The zero-order chi connectivity index (χ0) is 17.3. The molecule has 1 aromatic carbocycles. The molecule has 0 aliphatic heterocycles. The van der Waals surface area contributed by atoms with Gasteiger partial charge in [-0.2, -0.15) is 0 Å². The van der Waals surface area contributed by atoms with Crippen molar-refractivity contribution in [1.29, 1.82) is 0 Å². The molecular weight excluding hydrogens is 304 g/mol. The average Bonchev–Trinajstić information content (AvgIpc) is 3.37. The molecule has 3 rings (SSSR count). The fourth-order valence-electron chi connectivity index (χ4n) is 2.66. The zero-order valence-electron chi connectivity index (χ0n) is 14.3. The molecule has 6 nitrogen and oxygen atoms in total. The highest BCUT2D eigenvalue weighted by Gasteiger charge is 2.32. The van der Waals surface area contributed by atoms with Gasteiger partial charge in [-0.15, -0.1) is 0 Å². The minimum atomic E-state index is -0.318. The Morgan fingerprint density at radius 1 is 1.25 bits per heavy atom. The molecule has 1 fully saturated rings. The molecule has 0 bridgehead atoms. The molecule has 0 spiro atoms. The molecule has 1 aromatic heterocycles. The molecule has 24 heavy (non-hydrogen) atoms. The molecule has 1 aliphatic rings. The van der Waals surface area contributed by atoms with E-state index >= 15 is 0 Å². The van der Waals surface area contributed by atoms with E-state index in [0.717, 1.165) is 24.5 Å². The van der Waals surface area contributed by atoms with E-state index in [9.17, 15) is 10.1 Å². The summed E-state index contributed by atoms with van der Waals surface area (Å²) in [5.41, 5.74) is 0.739. The van der Waals surface area contributed by atoms with Crippen LogP contribution in [0.15, 0.2) is 36.5 Å². The van der Waals surface area contributed by atoms with Gasteiger partial charge in [-0.05, 0) is 18.9 Å². The van der Waals surface area contributed by atoms with Crippen LogP contribution in [0.5, 0.6) is 0 Å². The number of para-hydroxylation sites is 1. The third-order valence-corrected chi connectivity index (χ3v) is 4.12. The summed E-state index contributed by atoms with van der Waals surface area (Å²) in [6, 6.07) is 9.20. The summed E-state index contributed by atoms with van der Waals surface area (Å²) in [5, 5.41) is 11.3. The Balaban J connectivity index is 1.94. The van der Waals surface area contributed by atoms with Crippen molar-refractivity contribution in [2.45, 2.75) is 51.6 Å². The summed E-state index contributed by atoms with van der Waals surface area (Å²) in [4.78, 5) is 22.2. The molecular formula is C18H22N4O2. The first-order valence-electron chi connectivity index (χ1n) is 8.19. The third-order valence-electron chi connectivity index (χ3n) is 4.12. The van der Waals surface area contributed by atoms with E-state index in [2.05, 4.69) is 30.7 Å². The van der Waals surface area contributed by atoms with Gasteiger partial charge in [0.25, 0.3) is 5.69 Å². The van der Waals surface area contributed by atoms with Crippen LogP contribution in [0, 0.1) is 10.1 Å². The van der Waals surface area contributed by atoms with Crippen LogP contribution < -0.4 is 4.90 Å². The van der Waals surface area contributed by atoms with Gasteiger partial charge in [0.05, 0.1) is 11.5 Å². The fourth-order valence-corrected chi connectivity index (χ4v) is 2.66. The molecule has 1 aliphatic carbocycles. The summed E-state index contributed by atoms with van der Waals surface area (Å²) in [6.45, 7) is 6.73. The third kappa shape index (κ3) is 3.53. The van der Waals surface area contributed by atoms with Crippen molar-refractivity contribution >= 4 is 11.5 Å². The maximum atomic E-state index is 11.3. The van der Waals surface area contributed by atoms with Crippen LogP contribution in [0.4, 0.5) is 11.5 Å². The van der Waals surface area contributed by atoms with Gasteiger partial charge in [0.15, 0.2) is 0 Å². The highest BCUT2D eigenvalue weighted by atomic mass is 16.6. The fraction of sp³-hybridized carbons (Fsp3) is 0.444. The van der Waals surface area contributed by atoms with Crippen molar-refractivity contribution < 1.29 is 4.92 Å². The molecule has 0 unspecified atom stereocenters. The van der Waals surface area contributed by atoms with Crippen LogP contribution in [0.3, 0.4) is 0 Å². The topological polar surface area (TPSA) is 72.2 Å². The molecule has 1 heterocycles. The van der Waals surface area contributed by atoms with Crippen LogP contribution in [0.25, 0.3) is 0 Å². The number of nitro benzene ring substituents is 1. The summed E-state index contributed by atoms with van der Waals surface area (Å²) in [7, 11) is 0. The first kappa shape index (κ1) is 16.4. The Bertz CT molecular complexity index is 751. The number of rotatable bonds is 5. The Labute approximate surface area is 141 Å². The van der Waals surface area contributed by atoms with Gasteiger partial charge < -0.3 is 4.90 Å². The van der Waals surface area contributed by atoms with Crippen LogP contribution >= 0.6 is 0 Å². The normalized spacial score (nSPS) is 14.5. The molecule has 6 heteroatoms. The van der Waals surface area contributed by atoms with Crippen molar-refractivity contribution in [3.05, 3.63) is 58.0 Å². The maximum Gasteiger partial charge on any atom is 0.274 e. The number of benzene rings is 1. The average molecular weight is 326 g/mol. The van der Waals surface area contributed by atoms with Crippen LogP contribution in [-0.2, 0) is 12.0 Å². The highest BCUT2D eigenvalue weighted by molar-refractivity contribution is 5.47. The molecule has 0 atom stereocenters. The Morgan fingerprint density at radius 3 is 2.58 bits per heavy atom. The first-order valence-corrected chi connectivity index (χ1v) is 8.19. The highest BCUT2D eigenvalue weighted by Crippen LogP contribution is 2.34. The van der Waals surface area contributed by atoms with Crippen molar-refractivity contribution in [3.63, 3.8) is 0 Å². The number of anilines is 1. The predicted octanol–water partition coefficient (Wildman–Crippen LogP) is 3.85. The maximum absolute atomic E-state index is 11.3. The minimum Gasteiger partial charge on any atom is -0.349 e. The van der Waals surface area contributed by atoms with Gasteiger partial charge in [-0.25, -0.2) is 9.97 Å². The van der Waals surface area contributed by atoms with Crippen LogP contribution in [0.1, 0.15) is 45.0 Å². The van der Waals surface area contributed by atoms with Gasteiger partial charge in [-0.1, -0.05) is 39.0 Å². The van der Waals surface area contributed by atoms with Crippen molar-refractivity contribution in [1.82, 2.24) is 9.97 Å². The van der Waals surface area contributed by atoms with Gasteiger partial charge in [0.2, 0.25) is 0 Å². The molecule has 0 amide bonds. The first-order chi connectivity index (χ1) is 11.4. The lowest BCUT2D eigenvalue weighted by atomic mass is 9.96. The monoisotopic (exact) mass is 326 g/mol. The predicted molar refractivity (Wildman–Crippen MR) is 93.0 cm³/mol. The lowest BCUT2D eigenvalue weighted by Gasteiger charge is -2.25. The van der Waals surface area contributed by atoms with Gasteiger partial charge in [0.1, 0.15) is 11.6 Å². The summed E-state index contributed by atoms with van der Waals surface area (Å²) in [5.74, 6) is 1.63. The zero-order valence-corrected chi connectivity index (χ0v) is 14.3. The molecule has 0 saturated heterocycles. The second-order valence-corrected chi connectivity index (χ2v) is 7.23. The van der Waals surface area contributed by atoms with E-state index in [1.54, 1.807) is 18.3 Å². The molecule has 2 aromatic rings. The smallest absolute Gasteiger partial charge is 0.274 e. The van der Waals surface area contributed by atoms with E-state index in [1.165, 1.54) is 0 Å². The number of nitrogens with zero attached hydrogens (tertiary/aromatic N) is 4. The minimum absolute atomic E-state index is 0.135. The number of aromatic nitrogens is 2. The standard InChI is InChI=1S/C18H22N4O2/c1-18(2,3)17-19-11-10-16(20-17)21(14-8-9-14)12-13-6-4-5-7-15(13)22(23)24/h4-7,10-11,14H,8-9,12H2,1-3H3. The van der Waals surface area contributed by atoms with Crippen molar-refractivity contribution in [2.75, 3.05) is 4.90 Å². The van der Waals surface area contributed by atoms with E-state index in [0.29, 0.717) is 18.2 Å².